The SMILES string of the molecule is CC(C)[C@H](NC(=O)N[C@H](C(=O)N1C[C@H](I(C)C)C[C@H]1C(=O)NC(CC1CC1)C(=O)C(N)=O)C(C)(C)C)C(=O)c1ccccc1OCc1ccccc1. The van der Waals surface area contributed by atoms with Gasteiger partial charge in [0.15, 0.2) is 0 Å². The van der Waals surface area contributed by atoms with E-state index >= 15 is 0 Å². The van der Waals surface area contributed by atoms with Gasteiger partial charge in [-0.2, -0.15) is 0 Å². The van der Waals surface area contributed by atoms with E-state index in [4.69, 9.17) is 10.5 Å². The Hall–Kier alpha value is -4.01. The molecule has 13 heteroatoms. The molecule has 1 aliphatic carbocycles. The molecule has 1 unspecified atom stereocenters. The van der Waals surface area contributed by atoms with Gasteiger partial charge in [0.2, 0.25) is 0 Å². The molecule has 0 spiro atoms. The Morgan fingerprint density at radius 1 is 0.923 bits per heavy atom. The minimum atomic E-state index is -1.52. The van der Waals surface area contributed by atoms with Crippen LogP contribution in [0.15, 0.2) is 54.6 Å². The van der Waals surface area contributed by atoms with Gasteiger partial charge >= 0.3 is 250 Å². The summed E-state index contributed by atoms with van der Waals surface area (Å²) in [6.07, 6.45) is 2.57. The van der Waals surface area contributed by atoms with E-state index < -0.39 is 78.9 Å². The molecule has 4 rings (SSSR count). The zero-order valence-electron chi connectivity index (χ0n) is 31.2. The summed E-state index contributed by atoms with van der Waals surface area (Å²) in [5.74, 6) is -2.91. The fraction of sp³-hybridized carbons (Fsp3) is 0.538. The molecule has 1 saturated carbocycles. The number of halogens is 1. The van der Waals surface area contributed by atoms with Crippen molar-refractivity contribution in [2.45, 2.75) is 95.0 Å². The van der Waals surface area contributed by atoms with E-state index in [1.807, 2.05) is 65.0 Å². The quantitative estimate of drug-likeness (QED) is 0.0846. The average Bonchev–Trinajstić information content (AvgIpc) is 3.80. The normalized spacial score (nSPS) is 19.2. The van der Waals surface area contributed by atoms with Gasteiger partial charge in [-0.1, -0.05) is 42.5 Å². The molecule has 0 bridgehead atoms. The van der Waals surface area contributed by atoms with Crippen molar-refractivity contribution in [2.75, 3.05) is 16.4 Å². The van der Waals surface area contributed by atoms with E-state index in [-0.39, 0.29) is 28.2 Å². The molecule has 52 heavy (non-hydrogen) atoms. The predicted octanol–water partition coefficient (Wildman–Crippen LogP) is 4.26. The van der Waals surface area contributed by atoms with Crippen molar-refractivity contribution in [3.63, 3.8) is 0 Å². The van der Waals surface area contributed by atoms with Crippen LogP contribution in [-0.2, 0) is 25.8 Å². The Labute approximate surface area is 314 Å². The average molecular weight is 832 g/mol. The fourth-order valence-electron chi connectivity index (χ4n) is 6.31. The van der Waals surface area contributed by atoms with Crippen LogP contribution in [0.5, 0.6) is 5.75 Å². The standard InChI is InChI=1S/C39H54IN5O7/c1-23(2)31(32(46)27-15-11-12-16-30(27)52-22-25-13-9-8-10-14-25)43-38(51)44-34(39(3,4)5)37(50)45-21-26(40(6)7)20-29(45)36(49)42-28(19-24-17-18-24)33(47)35(41)48/h8-16,23-24,26,28-29,31,34H,17-22H2,1-7H3,(H2,41,48)(H,42,49)(H2,43,44,51)/t26-,28?,29+,31+,34-/m1/s1. The first-order valence-corrected chi connectivity index (χ1v) is 23.3. The van der Waals surface area contributed by atoms with E-state index in [1.54, 1.807) is 24.3 Å². The number of primary amides is 1. The molecule has 0 radical (unpaired) electrons. The smallest absolute Gasteiger partial charge is 0.488 e. The number of amides is 5. The molecule has 12 nitrogen and oxygen atoms in total. The van der Waals surface area contributed by atoms with Crippen molar-refractivity contribution >= 4 is 55.1 Å². The number of nitrogens with one attached hydrogen (secondary N) is 3. The molecule has 5 amide bonds. The van der Waals surface area contributed by atoms with Gasteiger partial charge in [-0.15, -0.1) is 0 Å². The number of ketones is 2. The van der Waals surface area contributed by atoms with Crippen LogP contribution in [0.3, 0.4) is 0 Å². The summed E-state index contributed by atoms with van der Waals surface area (Å²) in [6.45, 7) is 9.71. The predicted molar refractivity (Wildman–Crippen MR) is 208 cm³/mol. The number of para-hydroxylation sites is 1. The first-order valence-electron chi connectivity index (χ1n) is 17.8. The Morgan fingerprint density at radius 2 is 1.56 bits per heavy atom. The van der Waals surface area contributed by atoms with Gasteiger partial charge in [0.25, 0.3) is 0 Å². The summed E-state index contributed by atoms with van der Waals surface area (Å²) < 4.78 is 6.17. The van der Waals surface area contributed by atoms with Crippen LogP contribution in [-0.4, -0.2) is 84.7 Å². The number of nitrogens with zero attached hydrogens (tertiary/aromatic N) is 1. The Kier molecular flexibility index (Phi) is 13.9. The summed E-state index contributed by atoms with van der Waals surface area (Å²) in [4.78, 5) is 86.2. The van der Waals surface area contributed by atoms with Gasteiger partial charge in [0, 0.05) is 0 Å². The number of Topliss-reactive ketones (excluding diaryl/α,β-unsaturated/α-hetero) is 2. The number of nitrogens with two attached hydrogens (primary N) is 1. The van der Waals surface area contributed by atoms with Crippen molar-refractivity contribution in [3.8, 4) is 5.75 Å². The molecule has 1 heterocycles. The summed E-state index contributed by atoms with van der Waals surface area (Å²) in [6, 6.07) is 11.9. The van der Waals surface area contributed by atoms with Crippen LogP contribution in [0.4, 0.5) is 4.79 Å². The van der Waals surface area contributed by atoms with E-state index in [0.29, 0.717) is 30.7 Å². The van der Waals surface area contributed by atoms with Crippen LogP contribution >= 0.6 is 19.8 Å². The third kappa shape index (κ3) is 10.8. The Bertz CT molecular complexity index is 1620. The summed E-state index contributed by atoms with van der Waals surface area (Å²) in [5, 5.41) is 8.41. The monoisotopic (exact) mass is 831 g/mol. The molecule has 2 aromatic carbocycles. The number of alkyl halides is 3. The zero-order valence-corrected chi connectivity index (χ0v) is 33.4. The molecular weight excluding hydrogens is 777 g/mol. The second kappa shape index (κ2) is 17.7. The van der Waals surface area contributed by atoms with Crippen molar-refractivity contribution in [2.24, 2.45) is 23.0 Å². The van der Waals surface area contributed by atoms with Gasteiger partial charge in [-0.25, -0.2) is 0 Å². The zero-order chi connectivity index (χ0) is 38.3. The van der Waals surface area contributed by atoms with E-state index in [9.17, 15) is 28.8 Å². The molecule has 284 valence electrons. The third-order valence-corrected chi connectivity index (χ3v) is 14.0. The second-order valence-electron chi connectivity index (χ2n) is 15.4. The topological polar surface area (TPSA) is 177 Å². The van der Waals surface area contributed by atoms with E-state index in [0.717, 1.165) is 18.4 Å². The molecule has 0 aromatic heterocycles. The molecule has 2 aromatic rings. The van der Waals surface area contributed by atoms with Crippen molar-refractivity contribution in [1.82, 2.24) is 20.9 Å². The van der Waals surface area contributed by atoms with Crippen LogP contribution in [0, 0.1) is 17.3 Å². The fourth-order valence-corrected chi connectivity index (χ4v) is 9.02. The summed E-state index contributed by atoms with van der Waals surface area (Å²) in [5.41, 5.74) is 5.80. The Morgan fingerprint density at radius 3 is 2.13 bits per heavy atom. The number of benzene rings is 2. The van der Waals surface area contributed by atoms with E-state index in [2.05, 4.69) is 25.8 Å². The maximum absolute atomic E-state index is 14.4. The number of ether oxygens (including phenoxy) is 1. The number of hydrogen-bond donors (Lipinski definition) is 4. The van der Waals surface area contributed by atoms with Gasteiger partial charge in [-0.3, -0.25) is 0 Å². The minimum absolute atomic E-state index is 0.138. The summed E-state index contributed by atoms with van der Waals surface area (Å²) >= 11 is -1.52. The molecular formula is C39H54IN5O7. The molecule has 1 aliphatic heterocycles. The summed E-state index contributed by atoms with van der Waals surface area (Å²) in [7, 11) is 0. The maximum atomic E-state index is 14.4. The second-order valence-corrected chi connectivity index (χ2v) is 21.8. The van der Waals surface area contributed by atoms with Gasteiger partial charge in [0.05, 0.1) is 0 Å². The van der Waals surface area contributed by atoms with E-state index in [1.165, 1.54) is 4.90 Å². The van der Waals surface area contributed by atoms with Gasteiger partial charge in [0.1, 0.15) is 6.61 Å². The number of carbonyl (C=O) groups is 6. The molecule has 2 aliphatic rings. The number of carbonyl (C=O) groups excluding carboxylic acids is 6. The first kappa shape index (κ1) is 40.8. The van der Waals surface area contributed by atoms with Crippen LogP contribution in [0.25, 0.3) is 0 Å². The van der Waals surface area contributed by atoms with Crippen LogP contribution < -0.4 is 26.4 Å². The number of urea groups is 1. The van der Waals surface area contributed by atoms with Gasteiger partial charge in [-0.05, 0) is 11.6 Å². The molecule has 5 atom stereocenters. The van der Waals surface area contributed by atoms with Crippen molar-refractivity contribution < 1.29 is 33.5 Å². The molecule has 1 saturated heterocycles. The number of hydrogen-bond acceptors (Lipinski definition) is 7. The van der Waals surface area contributed by atoms with Crippen LogP contribution in [0.2, 0.25) is 0 Å². The Balaban J connectivity index is 1.51. The molecule has 5 N–H and O–H groups in total. The van der Waals surface area contributed by atoms with Crippen molar-refractivity contribution in [3.05, 3.63) is 65.7 Å². The molecule has 2 fully saturated rings. The van der Waals surface area contributed by atoms with Crippen molar-refractivity contribution in [1.29, 1.82) is 0 Å². The van der Waals surface area contributed by atoms with Gasteiger partial charge < -0.3 is 4.74 Å². The first-order chi connectivity index (χ1) is 24.5. The minimum Gasteiger partial charge on any atom is -0.488 e. The van der Waals surface area contributed by atoms with Crippen LogP contribution in [0.1, 0.15) is 76.2 Å². The third-order valence-electron chi connectivity index (χ3n) is 9.61. The number of rotatable bonds is 16. The number of likely N-dealkylation sites (tertiary alicyclic amines) is 1.